The highest BCUT2D eigenvalue weighted by molar-refractivity contribution is 7.88. The lowest BCUT2D eigenvalue weighted by Crippen LogP contribution is -2.63. The van der Waals surface area contributed by atoms with Crippen LogP contribution in [0.15, 0.2) is 84.9 Å². The molecule has 4 aromatic carbocycles. The van der Waals surface area contributed by atoms with E-state index in [0.717, 1.165) is 91.7 Å². The van der Waals surface area contributed by atoms with Gasteiger partial charge in [-0.1, -0.05) is 119 Å². The quantitative estimate of drug-likeness (QED) is 0.0739. The van der Waals surface area contributed by atoms with Crippen LogP contribution in [0.5, 0.6) is 11.5 Å². The summed E-state index contributed by atoms with van der Waals surface area (Å²) >= 11 is 40.8. The molecule has 6 heterocycles. The maximum Gasteiger partial charge on any atom is 0.267 e. The minimum Gasteiger partial charge on any atom is -0.494 e. The third-order valence-electron chi connectivity index (χ3n) is 16.5. The molecular formula is C61H67Cl6N7O8S3. The zero-order valence-electron chi connectivity index (χ0n) is 47.1. The molecule has 4 aliphatic rings. The number of nitrogens with one attached hydrogen (secondary N) is 1. The van der Waals surface area contributed by atoms with Crippen molar-refractivity contribution >= 4 is 126 Å². The van der Waals surface area contributed by atoms with Gasteiger partial charge in [-0.15, -0.1) is 22.7 Å². The van der Waals surface area contributed by atoms with E-state index in [4.69, 9.17) is 90.5 Å². The normalized spacial score (nSPS) is 17.4. The summed E-state index contributed by atoms with van der Waals surface area (Å²) in [6.07, 6.45) is 9.88. The first kappa shape index (κ1) is 64.8. The van der Waals surface area contributed by atoms with E-state index in [9.17, 15) is 27.6 Å². The molecule has 454 valence electrons. The lowest BCUT2D eigenvalue weighted by molar-refractivity contribution is -0.135. The molecule has 0 atom stereocenters. The van der Waals surface area contributed by atoms with Crippen LogP contribution in [0.4, 0.5) is 0 Å². The number of likely N-dealkylation sites (tertiary alicyclic amines) is 4. The van der Waals surface area contributed by atoms with Crippen molar-refractivity contribution in [3.8, 4) is 54.6 Å². The third kappa shape index (κ3) is 14.6. The molecule has 4 aliphatic heterocycles. The number of halogens is 6. The molecule has 85 heavy (non-hydrogen) atoms. The topological polar surface area (TPSA) is 198 Å². The van der Waals surface area contributed by atoms with E-state index >= 15 is 0 Å². The van der Waals surface area contributed by atoms with Crippen molar-refractivity contribution in [2.24, 2.45) is 11.5 Å². The van der Waals surface area contributed by atoms with Crippen molar-refractivity contribution in [3.63, 3.8) is 0 Å². The number of carbonyl (C=O) groups is 4. The summed E-state index contributed by atoms with van der Waals surface area (Å²) in [5, 5.41) is 3.05. The van der Waals surface area contributed by atoms with Gasteiger partial charge in [0.1, 0.15) is 20.8 Å². The van der Waals surface area contributed by atoms with Crippen LogP contribution in [-0.2, 0) is 19.6 Å². The highest BCUT2D eigenvalue weighted by Gasteiger charge is 2.48. The molecule has 15 nitrogen and oxygen atoms in total. The largest absolute Gasteiger partial charge is 0.494 e. The average molecular weight is 1340 g/mol. The van der Waals surface area contributed by atoms with Crippen molar-refractivity contribution in [3.05, 3.63) is 125 Å². The second-order valence-corrected chi connectivity index (χ2v) is 28.2. The monoisotopic (exact) mass is 1330 g/mol. The van der Waals surface area contributed by atoms with Gasteiger partial charge in [0.2, 0.25) is 21.8 Å². The SMILES string of the molecule is COc1c(C(=O)N2CCC(C(N)=O)(N3CCCCC3)CC2)sc(-c2ccc(Cl)cc2Cl)c1-c1ccc(Cl)cc1.CS(=O)(=O)NCCCOc1c(C(=O)N2CCC(C(N)=O)(N3CCCCC3)CC2)sc(-c2ccc(Cl)cc2Cl)c1-c1ccc(Cl)cc1. The highest BCUT2D eigenvalue weighted by Crippen LogP contribution is 2.53. The molecule has 0 saturated carbocycles. The number of hydrogen-bond acceptors (Lipinski definition) is 12. The fraction of sp³-hybridized carbons (Fsp3) is 0.410. The van der Waals surface area contributed by atoms with Gasteiger partial charge in [0, 0.05) is 84.8 Å². The summed E-state index contributed by atoms with van der Waals surface area (Å²) in [5.41, 5.74) is 15.0. The van der Waals surface area contributed by atoms with Crippen molar-refractivity contribution in [2.45, 2.75) is 81.7 Å². The maximum atomic E-state index is 14.4. The second-order valence-electron chi connectivity index (χ2n) is 21.7. The number of primary amides is 2. The summed E-state index contributed by atoms with van der Waals surface area (Å²) in [6, 6.07) is 25.1. The molecule has 0 radical (unpaired) electrons. The van der Waals surface area contributed by atoms with Crippen LogP contribution < -0.4 is 25.7 Å². The van der Waals surface area contributed by atoms with Crippen molar-refractivity contribution in [2.75, 3.05) is 78.9 Å². The molecular weight excluding hydrogens is 1270 g/mol. The zero-order valence-corrected chi connectivity index (χ0v) is 54.1. The number of thiophene rings is 2. The Morgan fingerprint density at radius 3 is 1.29 bits per heavy atom. The van der Waals surface area contributed by atoms with E-state index in [1.165, 1.54) is 29.1 Å². The Morgan fingerprint density at radius 2 is 0.929 bits per heavy atom. The summed E-state index contributed by atoms with van der Waals surface area (Å²) < 4.78 is 37.9. The molecule has 24 heteroatoms. The maximum absolute atomic E-state index is 14.4. The Bertz CT molecular complexity index is 3520. The number of nitrogens with zero attached hydrogens (tertiary/aromatic N) is 4. The molecule has 4 fully saturated rings. The molecule has 5 N–H and O–H groups in total. The number of sulfonamides is 1. The number of rotatable bonds is 17. The molecule has 6 aromatic rings. The molecule has 0 unspecified atom stereocenters. The van der Waals surface area contributed by atoms with Crippen LogP contribution in [0, 0.1) is 0 Å². The second kappa shape index (κ2) is 28.2. The van der Waals surface area contributed by atoms with Gasteiger partial charge in [-0.25, -0.2) is 13.1 Å². The fourth-order valence-corrected chi connectivity index (χ4v) is 16.4. The van der Waals surface area contributed by atoms with Gasteiger partial charge in [0.15, 0.2) is 11.5 Å². The molecule has 0 bridgehead atoms. The summed E-state index contributed by atoms with van der Waals surface area (Å²) in [4.78, 5) is 64.3. The number of benzene rings is 4. The number of nitrogens with two attached hydrogens (primary N) is 2. The smallest absolute Gasteiger partial charge is 0.267 e. The van der Waals surface area contributed by atoms with Gasteiger partial charge in [-0.2, -0.15) is 0 Å². The number of carbonyl (C=O) groups excluding carboxylic acids is 4. The van der Waals surface area contributed by atoms with E-state index in [1.807, 2.05) is 36.4 Å². The Morgan fingerprint density at radius 1 is 0.553 bits per heavy atom. The van der Waals surface area contributed by atoms with Gasteiger partial charge < -0.3 is 30.7 Å². The molecule has 2 aromatic heterocycles. The third-order valence-corrected chi connectivity index (χ3v) is 21.2. The average Bonchev–Trinajstić information content (AvgIpc) is 2.45. The van der Waals surface area contributed by atoms with Gasteiger partial charge in [-0.05, 0) is 144 Å². The predicted molar refractivity (Wildman–Crippen MR) is 345 cm³/mol. The summed E-state index contributed by atoms with van der Waals surface area (Å²) in [5.74, 6) is -0.141. The Kier molecular flexibility index (Phi) is 21.5. The fourth-order valence-electron chi connectivity index (χ4n) is 12.0. The van der Waals surface area contributed by atoms with Gasteiger partial charge in [-0.3, -0.25) is 29.0 Å². The number of ether oxygens (including phenoxy) is 2. The number of piperidine rings is 4. The van der Waals surface area contributed by atoms with Crippen LogP contribution in [0.25, 0.3) is 43.1 Å². The first-order chi connectivity index (χ1) is 40.6. The van der Waals surface area contributed by atoms with E-state index in [2.05, 4.69) is 14.5 Å². The van der Waals surface area contributed by atoms with Crippen LogP contribution in [-0.4, -0.2) is 142 Å². The Hall–Kier alpha value is -4.67. The Labute approximate surface area is 534 Å². The van der Waals surface area contributed by atoms with E-state index in [-0.39, 0.29) is 36.8 Å². The lowest BCUT2D eigenvalue weighted by Gasteiger charge is -2.48. The molecule has 0 spiro atoms. The molecule has 4 amide bonds. The predicted octanol–water partition coefficient (Wildman–Crippen LogP) is 13.3. The summed E-state index contributed by atoms with van der Waals surface area (Å²) in [7, 11) is -1.80. The van der Waals surface area contributed by atoms with Crippen LogP contribution >= 0.6 is 92.3 Å². The number of hydrogen-bond donors (Lipinski definition) is 3. The first-order valence-electron chi connectivity index (χ1n) is 28.2. The number of methoxy groups -OCH3 is 1. The zero-order chi connectivity index (χ0) is 60.8. The molecule has 0 aliphatic carbocycles. The number of amides is 4. The van der Waals surface area contributed by atoms with Crippen LogP contribution in [0.2, 0.25) is 30.1 Å². The standard InChI is InChI=1S/C32H37Cl3N4O5S2.C29H30Cl3N3O3S/c1-46(42,43)37-14-5-19-44-27-26(21-6-8-22(33)9-7-21)28(24-11-10-23(34)20-25(24)35)45-29(27)30(40)38-17-12-32(13-18-38,31(36)41)39-15-3-2-4-16-39;1-38-24-23(18-5-7-19(30)8-6-18)25(21-10-9-20(31)17-22(21)32)39-26(24)27(36)34-15-11-29(12-16-34,28(33)37)35-13-3-2-4-14-35/h6-11,20,37H,2-5,12-19H2,1H3,(H2,36,41);5-10,17H,2-4,11-16H2,1H3,(H2,33,37). The van der Waals surface area contributed by atoms with Crippen LogP contribution in [0.3, 0.4) is 0 Å². The van der Waals surface area contributed by atoms with E-state index in [0.29, 0.717) is 126 Å². The van der Waals surface area contributed by atoms with E-state index in [1.54, 1.807) is 65.4 Å². The van der Waals surface area contributed by atoms with Gasteiger partial charge >= 0.3 is 0 Å². The van der Waals surface area contributed by atoms with E-state index < -0.39 is 21.1 Å². The van der Waals surface area contributed by atoms with Crippen LogP contribution in [0.1, 0.15) is 90.0 Å². The lowest BCUT2D eigenvalue weighted by atomic mass is 9.83. The van der Waals surface area contributed by atoms with Gasteiger partial charge in [0.25, 0.3) is 11.8 Å². The van der Waals surface area contributed by atoms with Crippen molar-refractivity contribution in [1.29, 1.82) is 0 Å². The summed E-state index contributed by atoms with van der Waals surface area (Å²) in [6.45, 7) is 5.30. The molecule has 4 saturated heterocycles. The highest BCUT2D eigenvalue weighted by atomic mass is 35.5. The van der Waals surface area contributed by atoms with Crippen molar-refractivity contribution in [1.82, 2.24) is 24.3 Å². The van der Waals surface area contributed by atoms with Crippen molar-refractivity contribution < 1.29 is 37.1 Å². The Balaban J connectivity index is 0.000000206. The minimum absolute atomic E-state index is 0.139. The molecule has 10 rings (SSSR count). The van der Waals surface area contributed by atoms with Gasteiger partial charge in [0.05, 0.1) is 30.0 Å². The minimum atomic E-state index is -3.36. The first-order valence-corrected chi connectivity index (χ1v) is 34.0.